The minimum absolute atomic E-state index is 0.241. The van der Waals surface area contributed by atoms with E-state index in [9.17, 15) is 4.79 Å². The van der Waals surface area contributed by atoms with Crippen LogP contribution in [0.5, 0.6) is 0 Å². The van der Waals surface area contributed by atoms with Gasteiger partial charge in [-0.2, -0.15) is 0 Å². The van der Waals surface area contributed by atoms with Crippen molar-refractivity contribution >= 4 is 40.8 Å². The predicted molar refractivity (Wildman–Crippen MR) is 47.5 cm³/mol. The molecule has 0 unspecified atom stereocenters. The van der Waals surface area contributed by atoms with Crippen molar-refractivity contribution in [3.63, 3.8) is 0 Å². The van der Waals surface area contributed by atoms with Gasteiger partial charge in [-0.3, -0.25) is 4.79 Å². The Bertz CT molecular complexity index is 155. The Morgan fingerprint density at radius 3 is 2.42 bits per heavy atom. The van der Waals surface area contributed by atoms with Crippen LogP contribution in [0.4, 0.5) is 0 Å². The lowest BCUT2D eigenvalue weighted by Gasteiger charge is -2.17. The summed E-state index contributed by atoms with van der Waals surface area (Å²) in [5, 5.41) is 9.09. The van der Waals surface area contributed by atoms with E-state index in [1.54, 1.807) is 6.92 Å². The van der Waals surface area contributed by atoms with E-state index in [-0.39, 0.29) is 13.0 Å². The summed E-state index contributed by atoms with van der Waals surface area (Å²) < 4.78 is 2.69. The average Bonchev–Trinajstić information content (AvgIpc) is 1.85. The SMILES string of the molecule is CCOC(=O)C[C@@H](O)C(Cl)(Cl)Cl. The van der Waals surface area contributed by atoms with Gasteiger partial charge in [0.25, 0.3) is 0 Å². The van der Waals surface area contributed by atoms with E-state index < -0.39 is 15.9 Å². The van der Waals surface area contributed by atoms with Crippen LogP contribution >= 0.6 is 34.8 Å². The molecule has 0 spiro atoms. The first-order valence-corrected chi connectivity index (χ1v) is 4.41. The first-order valence-electron chi connectivity index (χ1n) is 3.28. The summed E-state index contributed by atoms with van der Waals surface area (Å²) in [5.41, 5.74) is 0. The lowest BCUT2D eigenvalue weighted by molar-refractivity contribution is -0.145. The van der Waals surface area contributed by atoms with Crippen molar-refractivity contribution < 1.29 is 14.6 Å². The van der Waals surface area contributed by atoms with Crippen molar-refractivity contribution in [1.82, 2.24) is 0 Å². The van der Waals surface area contributed by atoms with Crippen LogP contribution in [0, 0.1) is 0 Å². The summed E-state index contributed by atoms with van der Waals surface area (Å²) in [4.78, 5) is 10.7. The zero-order valence-corrected chi connectivity index (χ0v) is 8.66. The largest absolute Gasteiger partial charge is 0.466 e. The molecule has 0 amide bonds. The first kappa shape index (κ1) is 12.3. The Morgan fingerprint density at radius 1 is 1.58 bits per heavy atom. The van der Waals surface area contributed by atoms with Crippen molar-refractivity contribution in [3.8, 4) is 0 Å². The summed E-state index contributed by atoms with van der Waals surface area (Å²) >= 11 is 15.9. The average molecular weight is 235 g/mol. The fourth-order valence-corrected chi connectivity index (χ4v) is 0.725. The van der Waals surface area contributed by atoms with Crippen LogP contribution in [0.3, 0.4) is 0 Å². The van der Waals surface area contributed by atoms with Crippen molar-refractivity contribution in [3.05, 3.63) is 0 Å². The molecule has 12 heavy (non-hydrogen) atoms. The Labute approximate surface area is 85.5 Å². The second-order valence-corrected chi connectivity index (χ2v) is 4.44. The molecule has 3 nitrogen and oxygen atoms in total. The minimum atomic E-state index is -1.84. The van der Waals surface area contributed by atoms with Gasteiger partial charge in [-0.25, -0.2) is 0 Å². The van der Waals surface area contributed by atoms with E-state index in [1.807, 2.05) is 0 Å². The second-order valence-electron chi connectivity index (χ2n) is 2.07. The number of esters is 1. The number of hydrogen-bond donors (Lipinski definition) is 1. The molecule has 1 atom stereocenters. The van der Waals surface area contributed by atoms with Gasteiger partial charge in [-0.1, -0.05) is 34.8 Å². The van der Waals surface area contributed by atoms with E-state index >= 15 is 0 Å². The molecule has 0 fully saturated rings. The third kappa shape index (κ3) is 5.04. The highest BCUT2D eigenvalue weighted by atomic mass is 35.6. The molecule has 0 aromatic rings. The highest BCUT2D eigenvalue weighted by Gasteiger charge is 2.32. The molecule has 0 aliphatic carbocycles. The highest BCUT2D eigenvalue weighted by Crippen LogP contribution is 2.31. The quantitative estimate of drug-likeness (QED) is 0.598. The van der Waals surface area contributed by atoms with E-state index in [2.05, 4.69) is 4.74 Å². The lowest BCUT2D eigenvalue weighted by atomic mass is 10.3. The zero-order valence-electron chi connectivity index (χ0n) is 6.39. The number of aliphatic hydroxyl groups is 1. The van der Waals surface area contributed by atoms with Crippen LogP contribution in [0.2, 0.25) is 0 Å². The first-order chi connectivity index (χ1) is 5.38. The van der Waals surface area contributed by atoms with Gasteiger partial charge in [0.15, 0.2) is 0 Å². The van der Waals surface area contributed by atoms with Gasteiger partial charge in [0.1, 0.15) is 6.10 Å². The summed E-state index contributed by atoms with van der Waals surface area (Å²) in [6.45, 7) is 1.89. The number of rotatable bonds is 3. The third-order valence-corrected chi connectivity index (χ3v) is 1.80. The molecule has 0 saturated heterocycles. The number of halogens is 3. The molecule has 0 rings (SSSR count). The number of hydrogen-bond acceptors (Lipinski definition) is 3. The molecule has 6 heteroatoms. The predicted octanol–water partition coefficient (Wildman–Crippen LogP) is 1.67. The van der Waals surface area contributed by atoms with Crippen LogP contribution in [0.25, 0.3) is 0 Å². The maximum atomic E-state index is 10.7. The van der Waals surface area contributed by atoms with Crippen molar-refractivity contribution in [2.75, 3.05) is 6.61 Å². The van der Waals surface area contributed by atoms with Crippen LogP contribution in [-0.2, 0) is 9.53 Å². The van der Waals surface area contributed by atoms with Gasteiger partial charge in [0.2, 0.25) is 3.79 Å². The van der Waals surface area contributed by atoms with Crippen molar-refractivity contribution in [2.24, 2.45) is 0 Å². The van der Waals surface area contributed by atoms with Gasteiger partial charge in [-0.05, 0) is 6.92 Å². The molecule has 72 valence electrons. The molecule has 0 aromatic heterocycles. The van der Waals surface area contributed by atoms with Crippen molar-refractivity contribution in [2.45, 2.75) is 23.2 Å². The van der Waals surface area contributed by atoms with Gasteiger partial charge >= 0.3 is 5.97 Å². The second kappa shape index (κ2) is 5.12. The number of aliphatic hydroxyl groups excluding tert-OH is 1. The van der Waals surface area contributed by atoms with E-state index in [0.717, 1.165) is 0 Å². The third-order valence-electron chi connectivity index (χ3n) is 1.04. The molecule has 0 aromatic carbocycles. The van der Waals surface area contributed by atoms with Crippen LogP contribution in [-0.4, -0.2) is 27.6 Å². The summed E-state index contributed by atoms with van der Waals surface area (Å²) in [5.74, 6) is -0.587. The Balaban J connectivity index is 3.84. The molecule has 0 radical (unpaired) electrons. The smallest absolute Gasteiger partial charge is 0.308 e. The molecule has 0 aliphatic rings. The topological polar surface area (TPSA) is 46.5 Å². The Morgan fingerprint density at radius 2 is 2.08 bits per heavy atom. The van der Waals surface area contributed by atoms with Gasteiger partial charge in [-0.15, -0.1) is 0 Å². The van der Waals surface area contributed by atoms with E-state index in [4.69, 9.17) is 39.9 Å². The zero-order chi connectivity index (χ0) is 9.78. The van der Waals surface area contributed by atoms with E-state index in [1.165, 1.54) is 0 Å². The monoisotopic (exact) mass is 234 g/mol. The number of carbonyl (C=O) groups excluding carboxylic acids is 1. The van der Waals surface area contributed by atoms with Crippen LogP contribution in [0.1, 0.15) is 13.3 Å². The number of carbonyl (C=O) groups is 1. The molecule has 0 bridgehead atoms. The molecule has 0 heterocycles. The molecular weight excluding hydrogens is 226 g/mol. The van der Waals surface area contributed by atoms with Gasteiger partial charge < -0.3 is 9.84 Å². The molecular formula is C6H9Cl3O3. The highest BCUT2D eigenvalue weighted by molar-refractivity contribution is 6.68. The molecule has 0 aliphatic heterocycles. The summed E-state index contributed by atoms with van der Waals surface area (Å²) in [6, 6.07) is 0. The Hall–Kier alpha value is 0.300. The maximum absolute atomic E-state index is 10.7. The number of alkyl halides is 3. The Kier molecular flexibility index (Phi) is 5.25. The van der Waals surface area contributed by atoms with Crippen LogP contribution < -0.4 is 0 Å². The maximum Gasteiger partial charge on any atom is 0.308 e. The van der Waals surface area contributed by atoms with E-state index in [0.29, 0.717) is 0 Å². The molecule has 0 saturated carbocycles. The van der Waals surface area contributed by atoms with Crippen LogP contribution in [0.15, 0.2) is 0 Å². The minimum Gasteiger partial charge on any atom is -0.466 e. The lowest BCUT2D eigenvalue weighted by Crippen LogP contribution is -2.28. The summed E-state index contributed by atoms with van der Waals surface area (Å²) in [6.07, 6.45) is -1.65. The molecule has 1 N–H and O–H groups in total. The van der Waals surface area contributed by atoms with Crippen molar-refractivity contribution in [1.29, 1.82) is 0 Å². The fourth-order valence-electron chi connectivity index (χ4n) is 0.494. The van der Waals surface area contributed by atoms with Gasteiger partial charge in [0.05, 0.1) is 13.0 Å². The summed E-state index contributed by atoms with van der Waals surface area (Å²) in [7, 11) is 0. The van der Waals surface area contributed by atoms with Gasteiger partial charge in [0, 0.05) is 0 Å². The number of ether oxygens (including phenoxy) is 1. The standard InChI is InChI=1S/C6H9Cl3O3/c1-2-12-5(11)3-4(10)6(7,8)9/h4,10H,2-3H2,1H3/t4-/m1/s1. The fraction of sp³-hybridized carbons (Fsp3) is 0.833. The normalized spacial score (nSPS) is 14.1.